The molecule has 0 radical (unpaired) electrons. The first-order valence-corrected chi connectivity index (χ1v) is 7.86. The highest BCUT2D eigenvalue weighted by Gasteiger charge is 2.16. The molecule has 0 bridgehead atoms. The van der Waals surface area contributed by atoms with Crippen LogP contribution in [-0.4, -0.2) is 33.2 Å². The zero-order valence-corrected chi connectivity index (χ0v) is 13.6. The maximum absolute atomic E-state index is 12.2. The number of nitrogens with zero attached hydrogens (tertiary/aromatic N) is 3. The summed E-state index contributed by atoms with van der Waals surface area (Å²) in [6, 6.07) is 0. The van der Waals surface area contributed by atoms with Gasteiger partial charge in [0, 0.05) is 17.6 Å². The Morgan fingerprint density at radius 2 is 2.18 bits per heavy atom. The second-order valence-corrected chi connectivity index (χ2v) is 5.40. The largest absolute Gasteiger partial charge is 0.466 e. The maximum atomic E-state index is 12.2. The second-order valence-electron chi connectivity index (χ2n) is 4.54. The minimum Gasteiger partial charge on any atom is -0.466 e. The average Bonchev–Trinajstić information content (AvgIpc) is 3.05. The first kappa shape index (κ1) is 16.2. The fourth-order valence-electron chi connectivity index (χ4n) is 1.96. The highest BCUT2D eigenvalue weighted by atomic mass is 32.1. The van der Waals surface area contributed by atoms with Crippen molar-refractivity contribution >= 4 is 28.3 Å². The lowest BCUT2D eigenvalue weighted by molar-refractivity contribution is -0.142. The molecule has 2 heterocycles. The van der Waals surface area contributed by atoms with Crippen molar-refractivity contribution in [3.8, 4) is 0 Å². The van der Waals surface area contributed by atoms with E-state index in [4.69, 9.17) is 4.74 Å². The maximum Gasteiger partial charge on any atom is 0.311 e. The van der Waals surface area contributed by atoms with Crippen molar-refractivity contribution in [2.45, 2.75) is 33.7 Å². The van der Waals surface area contributed by atoms with E-state index in [1.54, 1.807) is 23.2 Å². The van der Waals surface area contributed by atoms with Gasteiger partial charge in [0.05, 0.1) is 30.5 Å². The van der Waals surface area contributed by atoms with E-state index < -0.39 is 0 Å². The molecule has 7 nitrogen and oxygen atoms in total. The molecule has 0 unspecified atom stereocenters. The van der Waals surface area contributed by atoms with Crippen molar-refractivity contribution in [3.05, 3.63) is 28.5 Å². The van der Waals surface area contributed by atoms with Crippen molar-refractivity contribution < 1.29 is 14.3 Å². The molecule has 0 saturated heterocycles. The molecule has 2 aromatic heterocycles. The molecule has 118 valence electrons. The van der Waals surface area contributed by atoms with Gasteiger partial charge < -0.3 is 4.74 Å². The van der Waals surface area contributed by atoms with Gasteiger partial charge in [0.2, 0.25) is 0 Å². The van der Waals surface area contributed by atoms with Crippen LogP contribution in [0.1, 0.15) is 35.6 Å². The van der Waals surface area contributed by atoms with Gasteiger partial charge in [-0.05, 0) is 20.8 Å². The Bertz CT molecular complexity index is 677. The number of anilines is 1. The first-order chi connectivity index (χ1) is 10.5. The first-order valence-electron chi connectivity index (χ1n) is 6.98. The molecule has 0 saturated carbocycles. The minimum atomic E-state index is -0.328. The van der Waals surface area contributed by atoms with E-state index in [0.29, 0.717) is 29.5 Å². The van der Waals surface area contributed by atoms with Crippen LogP contribution in [0.2, 0.25) is 0 Å². The standard InChI is InChI=1S/C14H18N4O3S/c1-4-18-9(3)11(7-15-18)13(20)17-14-16-10(8-22-14)6-12(19)21-5-2/h7-8H,4-6H2,1-3H3,(H,16,17,20). The summed E-state index contributed by atoms with van der Waals surface area (Å²) in [5.41, 5.74) is 1.91. The predicted molar refractivity (Wildman–Crippen MR) is 83.0 cm³/mol. The third kappa shape index (κ3) is 3.70. The van der Waals surface area contributed by atoms with Gasteiger partial charge in [-0.1, -0.05) is 0 Å². The van der Waals surface area contributed by atoms with Crippen LogP contribution in [0.25, 0.3) is 0 Å². The number of ether oxygens (including phenoxy) is 1. The zero-order valence-electron chi connectivity index (χ0n) is 12.8. The van der Waals surface area contributed by atoms with E-state index >= 15 is 0 Å². The van der Waals surface area contributed by atoms with Crippen molar-refractivity contribution in [1.82, 2.24) is 14.8 Å². The van der Waals surface area contributed by atoms with Gasteiger partial charge in [0.15, 0.2) is 5.13 Å². The topological polar surface area (TPSA) is 86.1 Å². The summed E-state index contributed by atoms with van der Waals surface area (Å²) in [6.45, 7) is 6.61. The molecule has 0 aliphatic rings. The van der Waals surface area contributed by atoms with Crippen LogP contribution in [0.5, 0.6) is 0 Å². The number of nitrogens with one attached hydrogen (secondary N) is 1. The van der Waals surface area contributed by atoms with Crippen molar-refractivity contribution in [2.24, 2.45) is 0 Å². The fourth-order valence-corrected chi connectivity index (χ4v) is 2.66. The van der Waals surface area contributed by atoms with Gasteiger partial charge in [-0.2, -0.15) is 5.10 Å². The SMILES string of the molecule is CCOC(=O)Cc1csc(NC(=O)c2cnn(CC)c2C)n1. The summed E-state index contributed by atoms with van der Waals surface area (Å²) in [6.07, 6.45) is 1.65. The Labute approximate surface area is 132 Å². The Balaban J connectivity index is 2.01. The van der Waals surface area contributed by atoms with E-state index in [9.17, 15) is 9.59 Å². The van der Waals surface area contributed by atoms with Crippen LogP contribution < -0.4 is 5.32 Å². The Hall–Kier alpha value is -2.22. The lowest BCUT2D eigenvalue weighted by atomic mass is 10.2. The van der Waals surface area contributed by atoms with E-state index in [-0.39, 0.29) is 18.3 Å². The quantitative estimate of drug-likeness (QED) is 0.822. The number of carbonyl (C=O) groups excluding carboxylic acids is 2. The summed E-state index contributed by atoms with van der Waals surface area (Å²) in [7, 11) is 0. The Morgan fingerprint density at radius 3 is 2.82 bits per heavy atom. The van der Waals surface area contributed by atoms with E-state index in [0.717, 1.165) is 5.69 Å². The molecule has 0 atom stereocenters. The minimum absolute atomic E-state index is 0.104. The smallest absolute Gasteiger partial charge is 0.311 e. The third-order valence-corrected chi connectivity index (χ3v) is 3.86. The number of carbonyl (C=O) groups is 2. The highest BCUT2D eigenvalue weighted by Crippen LogP contribution is 2.18. The van der Waals surface area contributed by atoms with Crippen LogP contribution in [0.15, 0.2) is 11.6 Å². The van der Waals surface area contributed by atoms with Crippen LogP contribution in [0.3, 0.4) is 0 Å². The molecule has 0 spiro atoms. The van der Waals surface area contributed by atoms with E-state index in [2.05, 4.69) is 15.4 Å². The summed E-state index contributed by atoms with van der Waals surface area (Å²) in [5.74, 6) is -0.583. The number of hydrogen-bond donors (Lipinski definition) is 1. The van der Waals surface area contributed by atoms with Crippen LogP contribution in [0, 0.1) is 6.92 Å². The number of aromatic nitrogens is 3. The van der Waals surface area contributed by atoms with Crippen LogP contribution >= 0.6 is 11.3 Å². The van der Waals surface area contributed by atoms with Crippen molar-refractivity contribution in [1.29, 1.82) is 0 Å². The fraction of sp³-hybridized carbons (Fsp3) is 0.429. The third-order valence-electron chi connectivity index (χ3n) is 3.05. The van der Waals surface area contributed by atoms with Gasteiger partial charge in [-0.3, -0.25) is 19.6 Å². The van der Waals surface area contributed by atoms with E-state index in [1.165, 1.54) is 11.3 Å². The summed E-state index contributed by atoms with van der Waals surface area (Å²) in [5, 5.41) is 9.05. The lowest BCUT2D eigenvalue weighted by Gasteiger charge is -2.02. The van der Waals surface area contributed by atoms with Gasteiger partial charge in [0.25, 0.3) is 5.91 Å². The number of thiazole rings is 1. The number of esters is 1. The molecule has 2 aromatic rings. The molecule has 8 heteroatoms. The van der Waals surface area contributed by atoms with Gasteiger partial charge in [-0.25, -0.2) is 4.98 Å². The number of amides is 1. The number of aryl methyl sites for hydroxylation is 1. The molecule has 0 aliphatic heterocycles. The number of rotatable bonds is 6. The summed E-state index contributed by atoms with van der Waals surface area (Å²) >= 11 is 1.27. The summed E-state index contributed by atoms with van der Waals surface area (Å²) < 4.78 is 6.62. The molecule has 1 amide bonds. The molecule has 22 heavy (non-hydrogen) atoms. The molecule has 0 aromatic carbocycles. The van der Waals surface area contributed by atoms with Crippen LogP contribution in [-0.2, 0) is 22.5 Å². The second kappa shape index (κ2) is 7.17. The number of hydrogen-bond acceptors (Lipinski definition) is 6. The lowest BCUT2D eigenvalue weighted by Crippen LogP contribution is -2.13. The Morgan fingerprint density at radius 1 is 1.41 bits per heavy atom. The van der Waals surface area contributed by atoms with Crippen molar-refractivity contribution in [2.75, 3.05) is 11.9 Å². The molecular weight excluding hydrogens is 304 g/mol. The van der Waals surface area contributed by atoms with Crippen molar-refractivity contribution in [3.63, 3.8) is 0 Å². The molecule has 0 aliphatic carbocycles. The summed E-state index contributed by atoms with van der Waals surface area (Å²) in [4.78, 5) is 27.8. The van der Waals surface area contributed by atoms with Gasteiger partial charge in [0.1, 0.15) is 0 Å². The molecular formula is C14H18N4O3S. The molecule has 0 fully saturated rings. The van der Waals surface area contributed by atoms with Gasteiger partial charge in [-0.15, -0.1) is 11.3 Å². The van der Waals surface area contributed by atoms with Crippen LogP contribution in [0.4, 0.5) is 5.13 Å². The molecule has 2 rings (SSSR count). The molecule has 1 N–H and O–H groups in total. The van der Waals surface area contributed by atoms with Gasteiger partial charge >= 0.3 is 5.97 Å². The predicted octanol–water partition coefficient (Wildman–Crippen LogP) is 2.03. The highest BCUT2D eigenvalue weighted by molar-refractivity contribution is 7.14. The normalized spacial score (nSPS) is 10.5. The zero-order chi connectivity index (χ0) is 16.1. The monoisotopic (exact) mass is 322 g/mol. The Kier molecular flexibility index (Phi) is 5.26. The average molecular weight is 322 g/mol. The van der Waals surface area contributed by atoms with E-state index in [1.807, 2.05) is 13.8 Å².